The second-order valence-corrected chi connectivity index (χ2v) is 9.98. The van der Waals surface area contributed by atoms with Gasteiger partial charge >= 0.3 is 18.0 Å². The van der Waals surface area contributed by atoms with Crippen LogP contribution in [-0.4, -0.2) is 86.4 Å². The van der Waals surface area contributed by atoms with Gasteiger partial charge < -0.3 is 30.3 Å². The van der Waals surface area contributed by atoms with Crippen LogP contribution in [0.4, 0.5) is 4.79 Å². The summed E-state index contributed by atoms with van der Waals surface area (Å²) in [5, 5.41) is 22.8. The quantitative estimate of drug-likeness (QED) is 0.185. The minimum Gasteiger partial charge on any atom is -0.480 e. The number of aliphatic carboxylic acids is 2. The molecule has 3 amide bonds. The van der Waals surface area contributed by atoms with Gasteiger partial charge in [0.25, 0.3) is 11.6 Å². The Bertz CT molecular complexity index is 904. The van der Waals surface area contributed by atoms with Crippen molar-refractivity contribution >= 4 is 53.2 Å². The third kappa shape index (κ3) is 5.94. The first-order valence-corrected chi connectivity index (χ1v) is 11.9. The zero-order valence-corrected chi connectivity index (χ0v) is 20.7. The number of hydrogen-bond acceptors (Lipinski definition) is 8. The summed E-state index contributed by atoms with van der Waals surface area (Å²) in [6.07, 6.45) is -1.05. The minimum atomic E-state index is -1.75. The number of halogens is 1. The van der Waals surface area contributed by atoms with Gasteiger partial charge in [0.15, 0.2) is 0 Å². The number of thioether (sulfide) groups is 1. The van der Waals surface area contributed by atoms with E-state index in [4.69, 9.17) is 21.1 Å². The molecular formula is C20H28ClN3O9S. The lowest BCUT2D eigenvalue weighted by atomic mass is 9.98. The predicted molar refractivity (Wildman–Crippen MR) is 121 cm³/mol. The molecule has 0 aliphatic carbocycles. The molecule has 1 saturated heterocycles. The topological polar surface area (TPSA) is 172 Å². The highest BCUT2D eigenvalue weighted by Gasteiger charge is 2.66. The van der Waals surface area contributed by atoms with Crippen LogP contribution in [0.2, 0.25) is 0 Å². The average Bonchev–Trinajstić information content (AvgIpc) is 2.73. The lowest BCUT2D eigenvalue weighted by Crippen LogP contribution is -2.80. The number of ether oxygens (including phenoxy) is 2. The van der Waals surface area contributed by atoms with Gasteiger partial charge in [0.2, 0.25) is 5.91 Å². The highest BCUT2D eigenvalue weighted by atomic mass is 35.5. The molecule has 0 spiro atoms. The number of fused-ring (bicyclic) bond motifs is 1. The Hall–Kier alpha value is -2.51. The molecule has 2 rings (SSSR count). The maximum Gasteiger partial charge on any atom is 0.408 e. The number of carboxylic acids is 2. The van der Waals surface area contributed by atoms with E-state index >= 15 is 0 Å². The fourth-order valence-corrected chi connectivity index (χ4v) is 5.26. The van der Waals surface area contributed by atoms with E-state index in [1.54, 1.807) is 20.8 Å². The Morgan fingerprint density at radius 1 is 1.29 bits per heavy atom. The summed E-state index contributed by atoms with van der Waals surface area (Å²) in [5.74, 6) is -3.73. The van der Waals surface area contributed by atoms with Crippen LogP contribution in [0.5, 0.6) is 0 Å². The number of rotatable bonds is 10. The number of methoxy groups -OCH3 is 1. The third-order valence-electron chi connectivity index (χ3n) is 5.01. The van der Waals surface area contributed by atoms with Crippen molar-refractivity contribution < 1.29 is 43.7 Å². The fraction of sp³-hybridized carbons (Fsp3) is 0.650. The zero-order chi connectivity index (χ0) is 25.8. The minimum absolute atomic E-state index is 0.0560. The first-order valence-electron chi connectivity index (χ1n) is 10.3. The number of alkyl halides is 1. The van der Waals surface area contributed by atoms with Crippen molar-refractivity contribution in [1.29, 1.82) is 0 Å². The molecule has 0 aromatic heterocycles. The van der Waals surface area contributed by atoms with Gasteiger partial charge in [-0.15, -0.1) is 23.4 Å². The van der Waals surface area contributed by atoms with Crippen LogP contribution in [0.1, 0.15) is 40.0 Å². The van der Waals surface area contributed by atoms with Crippen molar-refractivity contribution in [2.24, 2.45) is 0 Å². The lowest BCUT2D eigenvalue weighted by Gasteiger charge is -2.55. The van der Waals surface area contributed by atoms with Gasteiger partial charge in [-0.25, -0.2) is 14.4 Å². The highest BCUT2D eigenvalue weighted by molar-refractivity contribution is 8.00. The van der Waals surface area contributed by atoms with Crippen LogP contribution < -0.4 is 10.6 Å². The monoisotopic (exact) mass is 521 g/mol. The number of hydrogen-bond donors (Lipinski definition) is 4. The molecule has 1 fully saturated rings. The Morgan fingerprint density at radius 2 is 1.94 bits per heavy atom. The molecule has 34 heavy (non-hydrogen) atoms. The molecule has 4 N–H and O–H groups in total. The third-order valence-corrected chi connectivity index (χ3v) is 6.70. The van der Waals surface area contributed by atoms with E-state index in [2.05, 4.69) is 10.6 Å². The van der Waals surface area contributed by atoms with E-state index < -0.39 is 52.6 Å². The van der Waals surface area contributed by atoms with E-state index in [1.165, 1.54) is 18.9 Å². The van der Waals surface area contributed by atoms with Crippen LogP contribution >= 0.6 is 23.4 Å². The van der Waals surface area contributed by atoms with Crippen LogP contribution in [-0.2, 0) is 28.7 Å². The predicted octanol–water partition coefficient (Wildman–Crippen LogP) is 1.09. The SMILES string of the molecule is CO[C@@]1(NC(=O)CCCC(NC(=O)OC(C)(C)C)C(=O)O)C(=O)N2C(C(=O)O)=C(CCl)CS[C@H]21. The number of β-lactam (4-membered cyclic amide) rings is 1. The molecule has 2 heterocycles. The molecule has 0 aromatic rings. The second-order valence-electron chi connectivity index (χ2n) is 8.65. The van der Waals surface area contributed by atoms with Gasteiger partial charge in [-0.2, -0.15) is 0 Å². The Kier molecular flexibility index (Phi) is 8.83. The summed E-state index contributed by atoms with van der Waals surface area (Å²) < 4.78 is 10.4. The molecular weight excluding hydrogens is 494 g/mol. The first kappa shape index (κ1) is 27.7. The van der Waals surface area contributed by atoms with Crippen molar-refractivity contribution in [1.82, 2.24) is 15.5 Å². The number of carboxylic acid groups (broad SMARTS) is 2. The van der Waals surface area contributed by atoms with E-state index in [1.807, 2.05) is 0 Å². The summed E-state index contributed by atoms with van der Waals surface area (Å²) in [7, 11) is 1.22. The van der Waals surface area contributed by atoms with E-state index in [9.17, 15) is 34.2 Å². The molecule has 14 heteroatoms. The molecule has 1 unspecified atom stereocenters. The smallest absolute Gasteiger partial charge is 0.408 e. The van der Waals surface area contributed by atoms with Gasteiger partial charge in [-0.05, 0) is 39.2 Å². The number of alkyl carbamates (subject to hydrolysis) is 1. The van der Waals surface area contributed by atoms with Crippen molar-refractivity contribution in [3.05, 3.63) is 11.3 Å². The van der Waals surface area contributed by atoms with Crippen molar-refractivity contribution in [2.75, 3.05) is 18.7 Å². The molecule has 12 nitrogen and oxygen atoms in total. The molecule has 2 aliphatic heterocycles. The van der Waals surface area contributed by atoms with E-state index in [-0.39, 0.29) is 36.6 Å². The van der Waals surface area contributed by atoms with E-state index in [0.717, 1.165) is 4.90 Å². The normalized spacial score (nSPS) is 22.9. The molecule has 190 valence electrons. The van der Waals surface area contributed by atoms with Crippen LogP contribution in [0, 0.1) is 0 Å². The summed E-state index contributed by atoms with van der Waals surface area (Å²) >= 11 is 7.02. The van der Waals surface area contributed by atoms with Crippen molar-refractivity contribution in [2.45, 2.75) is 62.8 Å². The number of nitrogens with zero attached hydrogens (tertiary/aromatic N) is 1. The van der Waals surface area contributed by atoms with Crippen LogP contribution in [0.15, 0.2) is 11.3 Å². The lowest BCUT2D eigenvalue weighted by molar-refractivity contribution is -0.192. The number of carbonyl (C=O) groups excluding carboxylic acids is 3. The van der Waals surface area contributed by atoms with Crippen molar-refractivity contribution in [3.8, 4) is 0 Å². The largest absolute Gasteiger partial charge is 0.480 e. The second kappa shape index (κ2) is 10.8. The van der Waals surface area contributed by atoms with Gasteiger partial charge in [-0.3, -0.25) is 14.5 Å². The van der Waals surface area contributed by atoms with Crippen LogP contribution in [0.25, 0.3) is 0 Å². The van der Waals surface area contributed by atoms with E-state index in [0.29, 0.717) is 5.57 Å². The molecule has 3 atom stereocenters. The maximum absolute atomic E-state index is 12.9. The summed E-state index contributed by atoms with van der Waals surface area (Å²) in [5.41, 5.74) is -2.39. The summed E-state index contributed by atoms with van der Waals surface area (Å²) in [4.78, 5) is 61.4. The number of nitrogens with one attached hydrogen (secondary N) is 2. The zero-order valence-electron chi connectivity index (χ0n) is 19.2. The van der Waals surface area contributed by atoms with Gasteiger partial charge in [0.1, 0.15) is 22.7 Å². The standard InChI is InChI=1S/C20H28ClN3O9S/c1-19(2,3)33-18(31)22-11(14(26)27)6-5-7-12(25)23-20(32-4)16(30)24-13(15(28)29)10(8-21)9-34-17(20)24/h11,17H,5-9H2,1-4H3,(H,22,31)(H,23,25)(H,26,27)(H,28,29)/t11?,17-,20-/m0/s1. The maximum atomic E-state index is 12.9. The first-order chi connectivity index (χ1) is 15.8. The number of carbonyl (C=O) groups is 5. The number of amides is 3. The molecule has 0 radical (unpaired) electrons. The summed E-state index contributed by atoms with van der Waals surface area (Å²) in [6, 6.07) is -1.27. The Balaban J connectivity index is 1.98. The van der Waals surface area contributed by atoms with Crippen molar-refractivity contribution in [3.63, 3.8) is 0 Å². The fourth-order valence-electron chi connectivity index (χ4n) is 3.49. The van der Waals surface area contributed by atoms with Crippen LogP contribution in [0.3, 0.4) is 0 Å². The Labute approximate surface area is 205 Å². The summed E-state index contributed by atoms with van der Waals surface area (Å²) in [6.45, 7) is 4.91. The highest BCUT2D eigenvalue weighted by Crippen LogP contribution is 2.46. The molecule has 0 saturated carbocycles. The Morgan fingerprint density at radius 3 is 2.44 bits per heavy atom. The molecule has 2 aliphatic rings. The van der Waals surface area contributed by atoms with Gasteiger partial charge in [-0.1, -0.05) is 0 Å². The molecule has 0 aromatic carbocycles. The molecule has 0 bridgehead atoms. The average molecular weight is 522 g/mol. The van der Waals surface area contributed by atoms with Gasteiger partial charge in [0, 0.05) is 25.2 Å². The van der Waals surface area contributed by atoms with Gasteiger partial charge in [0.05, 0.1) is 0 Å².